The lowest BCUT2D eigenvalue weighted by atomic mass is 9.99. The number of thiazole rings is 1. The molecule has 0 aromatic carbocycles. The van der Waals surface area contributed by atoms with Gasteiger partial charge in [0.15, 0.2) is 0 Å². The van der Waals surface area contributed by atoms with Gasteiger partial charge in [-0.1, -0.05) is 0 Å². The molecule has 0 aliphatic carbocycles. The van der Waals surface area contributed by atoms with E-state index in [-0.39, 0.29) is 12.2 Å². The molecule has 8 nitrogen and oxygen atoms in total. The lowest BCUT2D eigenvalue weighted by Gasteiger charge is -2.35. The predicted molar refractivity (Wildman–Crippen MR) is 106 cm³/mol. The molecule has 2 fully saturated rings. The van der Waals surface area contributed by atoms with Crippen molar-refractivity contribution in [2.24, 2.45) is 0 Å². The Morgan fingerprint density at radius 3 is 2.65 bits per heavy atom. The van der Waals surface area contributed by atoms with Crippen molar-refractivity contribution in [3.8, 4) is 0 Å². The van der Waals surface area contributed by atoms with E-state index in [1.54, 1.807) is 23.7 Å². The number of fused-ring (bicyclic) bond motifs is 1. The van der Waals surface area contributed by atoms with Crippen molar-refractivity contribution in [3.63, 3.8) is 0 Å². The fourth-order valence-corrected chi connectivity index (χ4v) is 4.17. The Labute approximate surface area is 181 Å². The number of ether oxygens (including phenoxy) is 2. The maximum Gasteiger partial charge on any atom is 0.490 e. The standard InChI is InChI=1S/C17H22N4O2S.C2HF3O2/c1-12-20-13(11-24-12)9-22-10-14-3-4-15-16(23-14)5-8-21(15)17-18-6-2-7-19-17;3-2(4,5)1(6)7/h2,6-7,11,14-16H,3-5,8-10H2,1H3;(H,6,7)/t14-,15-,16-;/m0./s1. The zero-order valence-electron chi connectivity index (χ0n) is 16.8. The number of hydrogen-bond acceptors (Lipinski definition) is 8. The molecule has 3 atom stereocenters. The topological polar surface area (TPSA) is 97.7 Å². The van der Waals surface area contributed by atoms with Gasteiger partial charge in [-0.05, 0) is 32.3 Å². The van der Waals surface area contributed by atoms with Crippen LogP contribution in [0.4, 0.5) is 19.1 Å². The summed E-state index contributed by atoms with van der Waals surface area (Å²) >= 11 is 1.66. The number of nitrogens with zero attached hydrogens (tertiary/aromatic N) is 4. The second-order valence-electron chi connectivity index (χ2n) is 7.15. The Kier molecular flexibility index (Phi) is 7.79. The lowest BCUT2D eigenvalue weighted by molar-refractivity contribution is -0.192. The van der Waals surface area contributed by atoms with Crippen LogP contribution in [-0.2, 0) is 20.9 Å². The van der Waals surface area contributed by atoms with Crippen LogP contribution in [0.2, 0.25) is 0 Å². The van der Waals surface area contributed by atoms with E-state index in [4.69, 9.17) is 19.4 Å². The van der Waals surface area contributed by atoms with Crippen LogP contribution >= 0.6 is 11.3 Å². The highest BCUT2D eigenvalue weighted by Gasteiger charge is 2.41. The van der Waals surface area contributed by atoms with Crippen LogP contribution in [0, 0.1) is 6.92 Å². The first-order valence-electron chi connectivity index (χ1n) is 9.72. The van der Waals surface area contributed by atoms with E-state index in [2.05, 4.69) is 25.2 Å². The van der Waals surface area contributed by atoms with Crippen LogP contribution in [-0.4, -0.2) is 63.6 Å². The van der Waals surface area contributed by atoms with Gasteiger partial charge in [0.2, 0.25) is 5.95 Å². The summed E-state index contributed by atoms with van der Waals surface area (Å²) in [6.07, 6.45) is 2.12. The Morgan fingerprint density at radius 1 is 1.32 bits per heavy atom. The zero-order chi connectivity index (χ0) is 22.4. The number of rotatable bonds is 5. The summed E-state index contributed by atoms with van der Waals surface area (Å²) in [5, 5.41) is 10.3. The van der Waals surface area contributed by atoms with Crippen molar-refractivity contribution in [2.45, 2.75) is 57.2 Å². The number of carboxylic acid groups (broad SMARTS) is 1. The van der Waals surface area contributed by atoms with Gasteiger partial charge in [0.05, 0.1) is 42.2 Å². The van der Waals surface area contributed by atoms with E-state index >= 15 is 0 Å². The monoisotopic (exact) mass is 460 g/mol. The number of anilines is 1. The Bertz CT molecular complexity index is 852. The van der Waals surface area contributed by atoms with E-state index in [1.165, 1.54) is 0 Å². The maximum absolute atomic E-state index is 10.6. The molecular weight excluding hydrogens is 437 g/mol. The fourth-order valence-electron chi connectivity index (χ4n) is 3.58. The Morgan fingerprint density at radius 2 is 2.03 bits per heavy atom. The van der Waals surface area contributed by atoms with Gasteiger partial charge < -0.3 is 19.5 Å². The molecule has 170 valence electrons. The number of aryl methyl sites for hydroxylation is 1. The van der Waals surface area contributed by atoms with Gasteiger partial charge in [-0.3, -0.25) is 0 Å². The number of halogens is 3. The molecular formula is C19H23F3N4O4S. The van der Waals surface area contributed by atoms with Gasteiger partial charge in [0, 0.05) is 24.3 Å². The summed E-state index contributed by atoms with van der Waals surface area (Å²) < 4.78 is 43.8. The first kappa shape index (κ1) is 23.4. The molecule has 0 saturated carbocycles. The third kappa shape index (κ3) is 6.58. The molecule has 4 heterocycles. The molecule has 2 aromatic heterocycles. The van der Waals surface area contributed by atoms with Crippen molar-refractivity contribution < 1.29 is 32.5 Å². The van der Waals surface area contributed by atoms with Crippen LogP contribution in [0.15, 0.2) is 23.8 Å². The van der Waals surface area contributed by atoms with Gasteiger partial charge in [-0.25, -0.2) is 19.7 Å². The van der Waals surface area contributed by atoms with Gasteiger partial charge in [-0.15, -0.1) is 11.3 Å². The molecule has 0 amide bonds. The van der Waals surface area contributed by atoms with Crippen LogP contribution in [0.1, 0.15) is 30.0 Å². The molecule has 12 heteroatoms. The molecule has 2 aromatic rings. The molecule has 0 unspecified atom stereocenters. The van der Waals surface area contributed by atoms with Crippen molar-refractivity contribution in [1.82, 2.24) is 15.0 Å². The van der Waals surface area contributed by atoms with Crippen molar-refractivity contribution in [3.05, 3.63) is 34.5 Å². The number of hydrogen-bond donors (Lipinski definition) is 1. The molecule has 1 N–H and O–H groups in total. The average Bonchev–Trinajstić information content (AvgIpc) is 3.34. The number of aromatic nitrogens is 3. The average molecular weight is 460 g/mol. The van der Waals surface area contributed by atoms with Crippen LogP contribution in [0.5, 0.6) is 0 Å². The van der Waals surface area contributed by atoms with E-state index in [0.29, 0.717) is 19.3 Å². The van der Waals surface area contributed by atoms with Gasteiger partial charge in [-0.2, -0.15) is 13.2 Å². The van der Waals surface area contributed by atoms with E-state index in [9.17, 15) is 13.2 Å². The largest absolute Gasteiger partial charge is 0.490 e. The summed E-state index contributed by atoms with van der Waals surface area (Å²) in [6.45, 7) is 4.19. The van der Waals surface area contributed by atoms with E-state index in [0.717, 1.165) is 42.5 Å². The van der Waals surface area contributed by atoms with E-state index in [1.807, 2.05) is 13.0 Å². The smallest absolute Gasteiger partial charge is 0.475 e. The molecule has 4 rings (SSSR count). The third-order valence-electron chi connectivity index (χ3n) is 4.91. The normalized spacial score (nSPS) is 23.1. The number of alkyl halides is 3. The summed E-state index contributed by atoms with van der Waals surface area (Å²) in [7, 11) is 0. The quantitative estimate of drug-likeness (QED) is 0.727. The summed E-state index contributed by atoms with van der Waals surface area (Å²) in [4.78, 5) is 24.4. The first-order chi connectivity index (χ1) is 14.7. The summed E-state index contributed by atoms with van der Waals surface area (Å²) in [6, 6.07) is 2.25. The molecule has 2 saturated heterocycles. The first-order valence-corrected chi connectivity index (χ1v) is 10.6. The third-order valence-corrected chi connectivity index (χ3v) is 5.73. The fraction of sp³-hybridized carbons (Fsp3) is 0.579. The number of carboxylic acids is 1. The molecule has 31 heavy (non-hydrogen) atoms. The highest BCUT2D eigenvalue weighted by molar-refractivity contribution is 7.09. The van der Waals surface area contributed by atoms with Gasteiger partial charge >= 0.3 is 12.1 Å². The Hall–Kier alpha value is -2.31. The maximum atomic E-state index is 10.6. The SMILES string of the molecule is Cc1nc(COC[C@@H]2CC[C@H]3[C@H](CCN3c3ncccn3)O2)cs1.O=C(O)C(F)(F)F. The highest BCUT2D eigenvalue weighted by Crippen LogP contribution is 2.33. The highest BCUT2D eigenvalue weighted by atomic mass is 32.1. The minimum Gasteiger partial charge on any atom is -0.475 e. The van der Waals surface area contributed by atoms with Crippen molar-refractivity contribution in [1.29, 1.82) is 0 Å². The minimum atomic E-state index is -5.08. The number of carbonyl (C=O) groups is 1. The van der Waals surface area contributed by atoms with Crippen LogP contribution < -0.4 is 4.90 Å². The zero-order valence-corrected chi connectivity index (χ0v) is 17.6. The number of aliphatic carboxylic acids is 1. The summed E-state index contributed by atoms with van der Waals surface area (Å²) in [5.41, 5.74) is 1.01. The van der Waals surface area contributed by atoms with Crippen LogP contribution in [0.3, 0.4) is 0 Å². The van der Waals surface area contributed by atoms with Crippen molar-refractivity contribution >= 4 is 23.3 Å². The van der Waals surface area contributed by atoms with E-state index < -0.39 is 12.1 Å². The second-order valence-corrected chi connectivity index (χ2v) is 8.21. The summed E-state index contributed by atoms with van der Waals surface area (Å²) in [5.74, 6) is -1.94. The van der Waals surface area contributed by atoms with Crippen molar-refractivity contribution in [2.75, 3.05) is 18.1 Å². The molecule has 0 bridgehead atoms. The van der Waals surface area contributed by atoms with Gasteiger partial charge in [0.1, 0.15) is 0 Å². The van der Waals surface area contributed by atoms with Gasteiger partial charge in [0.25, 0.3) is 0 Å². The Balaban J connectivity index is 0.000000339. The minimum absolute atomic E-state index is 0.183. The lowest BCUT2D eigenvalue weighted by Crippen LogP contribution is -2.44. The molecule has 2 aliphatic heterocycles. The molecule has 0 radical (unpaired) electrons. The molecule has 2 aliphatic rings. The molecule has 0 spiro atoms. The van der Waals surface area contributed by atoms with Crippen LogP contribution in [0.25, 0.3) is 0 Å². The predicted octanol–water partition coefficient (Wildman–Crippen LogP) is 3.22. The second kappa shape index (κ2) is 10.3.